The molecule has 0 spiro atoms. The third-order valence-corrected chi connectivity index (χ3v) is 8.44. The second kappa shape index (κ2) is 12.0. The molecule has 0 fully saturated rings. The highest BCUT2D eigenvalue weighted by molar-refractivity contribution is 7.19. The van der Waals surface area contributed by atoms with Gasteiger partial charge >= 0.3 is 11.9 Å². The van der Waals surface area contributed by atoms with Crippen LogP contribution in [0.4, 0.5) is 10.0 Å². The Morgan fingerprint density at radius 2 is 1.11 bits per heavy atom. The number of thiophene rings is 2. The van der Waals surface area contributed by atoms with Crippen molar-refractivity contribution in [2.45, 2.75) is 66.2 Å². The predicted octanol–water partition coefficient (Wildman–Crippen LogP) is 4.95. The number of hydrogen-bond donors (Lipinski definition) is 2. The van der Waals surface area contributed by atoms with Gasteiger partial charge in [0.2, 0.25) is 11.8 Å². The summed E-state index contributed by atoms with van der Waals surface area (Å²) in [5, 5.41) is 15.7. The lowest BCUT2D eigenvalue weighted by atomic mass is 9.93. The monoisotopic (exact) mass is 558 g/mol. The third kappa shape index (κ3) is 5.70. The van der Waals surface area contributed by atoms with Gasteiger partial charge in [0, 0.05) is 13.8 Å². The number of amides is 2. The fourth-order valence-electron chi connectivity index (χ4n) is 4.61. The van der Waals surface area contributed by atoms with Crippen molar-refractivity contribution in [2.24, 2.45) is 10.2 Å². The molecule has 2 aromatic heterocycles. The van der Waals surface area contributed by atoms with E-state index >= 15 is 0 Å². The van der Waals surface area contributed by atoms with E-state index in [1.807, 2.05) is 0 Å². The van der Waals surface area contributed by atoms with E-state index in [4.69, 9.17) is 9.47 Å². The summed E-state index contributed by atoms with van der Waals surface area (Å²) in [5.41, 5.74) is 3.89. The number of rotatable bonds is 7. The molecule has 2 aromatic rings. The van der Waals surface area contributed by atoms with Crippen LogP contribution in [0.3, 0.4) is 0 Å². The summed E-state index contributed by atoms with van der Waals surface area (Å²) in [6.07, 6.45) is 4.26. The van der Waals surface area contributed by atoms with E-state index in [9.17, 15) is 19.2 Å². The minimum absolute atomic E-state index is 0.231. The molecular formula is C26H30N4O6S2. The molecular weight excluding hydrogens is 528 g/mol. The van der Waals surface area contributed by atoms with Crippen molar-refractivity contribution in [1.29, 1.82) is 0 Å². The Kier molecular flexibility index (Phi) is 8.72. The summed E-state index contributed by atoms with van der Waals surface area (Å²) < 4.78 is 10.5. The van der Waals surface area contributed by atoms with Crippen LogP contribution in [0.15, 0.2) is 10.2 Å². The predicted molar refractivity (Wildman–Crippen MR) is 148 cm³/mol. The van der Waals surface area contributed by atoms with Gasteiger partial charge in [0.05, 0.1) is 45.5 Å². The summed E-state index contributed by atoms with van der Waals surface area (Å²) in [5.74, 6) is -1.47. The van der Waals surface area contributed by atoms with Gasteiger partial charge in [0.15, 0.2) is 0 Å². The van der Waals surface area contributed by atoms with E-state index in [1.54, 1.807) is 13.8 Å². The molecule has 2 amide bonds. The zero-order valence-electron chi connectivity index (χ0n) is 21.8. The Morgan fingerprint density at radius 3 is 1.45 bits per heavy atom. The molecule has 0 radical (unpaired) electrons. The van der Waals surface area contributed by atoms with Gasteiger partial charge < -0.3 is 20.1 Å². The van der Waals surface area contributed by atoms with Gasteiger partial charge in [-0.1, -0.05) is 0 Å². The zero-order chi connectivity index (χ0) is 27.4. The van der Waals surface area contributed by atoms with Gasteiger partial charge in [0.1, 0.15) is 10.0 Å². The van der Waals surface area contributed by atoms with Crippen molar-refractivity contribution >= 4 is 67.9 Å². The topological polar surface area (TPSA) is 136 Å². The van der Waals surface area contributed by atoms with E-state index < -0.39 is 11.9 Å². The number of hydrogen-bond acceptors (Lipinski definition) is 10. The van der Waals surface area contributed by atoms with Crippen LogP contribution < -0.4 is 10.6 Å². The second-order valence-corrected chi connectivity index (χ2v) is 10.9. The number of carbonyl (C=O) groups is 4. The lowest BCUT2D eigenvalue weighted by Gasteiger charge is -2.16. The van der Waals surface area contributed by atoms with Crippen LogP contribution in [0.5, 0.6) is 0 Å². The van der Waals surface area contributed by atoms with Crippen LogP contribution in [0, 0.1) is 0 Å². The van der Waals surface area contributed by atoms with Gasteiger partial charge in [0.25, 0.3) is 0 Å². The Hall–Kier alpha value is -3.38. The number of nitrogens with one attached hydrogen (secondary N) is 2. The fourth-order valence-corrected chi connectivity index (χ4v) is 7.20. The maximum Gasteiger partial charge on any atom is 0.341 e. The maximum absolute atomic E-state index is 12.7. The summed E-state index contributed by atoms with van der Waals surface area (Å²) in [4.78, 5) is 50.7. The molecule has 0 unspecified atom stereocenters. The minimum atomic E-state index is -0.464. The molecule has 10 nitrogen and oxygen atoms in total. The van der Waals surface area contributed by atoms with E-state index in [0.29, 0.717) is 46.8 Å². The van der Waals surface area contributed by atoms with Crippen molar-refractivity contribution in [1.82, 2.24) is 0 Å². The van der Waals surface area contributed by atoms with Crippen molar-refractivity contribution < 1.29 is 28.7 Å². The standard InChI is InChI=1S/C26H30N4O6S2/c1-5-35-25(33)19-15-9-7-11-17(21(15)37-23(19)27-13(3)31)29-30-18-12-8-10-16-20(26(34)36-6-2)24(28-14(4)32)38-22(16)18/h5-12H2,1-4H3,(H,27,31)(H,28,32)/b29-17+,30-18+. The highest BCUT2D eigenvalue weighted by Gasteiger charge is 2.32. The number of esters is 2. The number of ether oxygens (including phenoxy) is 2. The van der Waals surface area contributed by atoms with Gasteiger partial charge in [-0.15, -0.1) is 22.7 Å². The van der Waals surface area contributed by atoms with E-state index in [2.05, 4.69) is 20.8 Å². The first-order valence-electron chi connectivity index (χ1n) is 12.6. The molecule has 2 aliphatic carbocycles. The van der Waals surface area contributed by atoms with Crippen LogP contribution in [-0.2, 0) is 31.9 Å². The Balaban J connectivity index is 1.76. The van der Waals surface area contributed by atoms with Crippen molar-refractivity contribution in [3.05, 3.63) is 32.0 Å². The quantitative estimate of drug-likeness (QED) is 0.365. The molecule has 2 N–H and O–H groups in total. The van der Waals surface area contributed by atoms with E-state index in [0.717, 1.165) is 45.1 Å². The number of carbonyl (C=O) groups excluding carboxylic acids is 4. The summed E-state index contributed by atoms with van der Waals surface area (Å²) in [7, 11) is 0. The molecule has 0 saturated carbocycles. The van der Waals surface area contributed by atoms with Crippen LogP contribution in [0.25, 0.3) is 0 Å². The van der Waals surface area contributed by atoms with Crippen molar-refractivity contribution in [3.8, 4) is 0 Å². The Bertz CT molecular complexity index is 1250. The first-order valence-corrected chi connectivity index (χ1v) is 14.2. The van der Waals surface area contributed by atoms with E-state index in [1.165, 1.54) is 36.5 Å². The van der Waals surface area contributed by atoms with Crippen LogP contribution in [-0.4, -0.2) is 48.4 Å². The molecule has 0 aliphatic heterocycles. The lowest BCUT2D eigenvalue weighted by molar-refractivity contribution is -0.115. The fraction of sp³-hybridized carbons (Fsp3) is 0.462. The molecule has 0 atom stereocenters. The number of anilines is 2. The third-order valence-electron chi connectivity index (χ3n) is 6.05. The lowest BCUT2D eigenvalue weighted by Crippen LogP contribution is -2.16. The molecule has 0 bridgehead atoms. The van der Waals surface area contributed by atoms with Crippen molar-refractivity contribution in [2.75, 3.05) is 23.8 Å². The average Bonchev–Trinajstić information content (AvgIpc) is 3.40. The molecule has 0 saturated heterocycles. The van der Waals surface area contributed by atoms with E-state index in [-0.39, 0.29) is 25.0 Å². The summed E-state index contributed by atoms with van der Waals surface area (Å²) in [6, 6.07) is 0. The first-order chi connectivity index (χ1) is 18.2. The van der Waals surface area contributed by atoms with Gasteiger partial charge in [-0.3, -0.25) is 9.59 Å². The zero-order valence-corrected chi connectivity index (χ0v) is 23.5. The largest absolute Gasteiger partial charge is 0.462 e. The molecule has 2 aliphatic rings. The van der Waals surface area contributed by atoms with Crippen LogP contribution >= 0.6 is 22.7 Å². The minimum Gasteiger partial charge on any atom is -0.462 e. The van der Waals surface area contributed by atoms with Crippen LogP contribution in [0.1, 0.15) is 95.0 Å². The molecule has 0 aromatic carbocycles. The molecule has 2 heterocycles. The Morgan fingerprint density at radius 1 is 0.711 bits per heavy atom. The van der Waals surface area contributed by atoms with Gasteiger partial charge in [-0.25, -0.2) is 9.59 Å². The molecule has 38 heavy (non-hydrogen) atoms. The highest BCUT2D eigenvalue weighted by atomic mass is 32.1. The molecule has 202 valence electrons. The van der Waals surface area contributed by atoms with Crippen molar-refractivity contribution in [3.63, 3.8) is 0 Å². The van der Waals surface area contributed by atoms with Crippen LogP contribution in [0.2, 0.25) is 0 Å². The summed E-state index contributed by atoms with van der Waals surface area (Å²) >= 11 is 2.62. The normalized spacial score (nSPS) is 16.5. The highest BCUT2D eigenvalue weighted by Crippen LogP contribution is 2.41. The molecule has 12 heteroatoms. The smallest absolute Gasteiger partial charge is 0.341 e. The van der Waals surface area contributed by atoms with Gasteiger partial charge in [-0.2, -0.15) is 10.2 Å². The number of nitrogens with zero attached hydrogens (tertiary/aromatic N) is 2. The first kappa shape index (κ1) is 27.6. The number of fused-ring (bicyclic) bond motifs is 2. The molecule has 4 rings (SSSR count). The average molecular weight is 559 g/mol. The second-order valence-electron chi connectivity index (χ2n) is 8.83. The summed E-state index contributed by atoms with van der Waals surface area (Å²) in [6.45, 7) is 6.74. The van der Waals surface area contributed by atoms with Gasteiger partial charge in [-0.05, 0) is 63.5 Å². The Labute approximate surface area is 228 Å². The SMILES string of the molecule is CCOC(=O)c1c(NC(C)=O)sc2c1CCC/C2=N\N=C1/CCCc2c1sc(NC(C)=O)c2C(=O)OCC. The maximum atomic E-state index is 12.7.